The minimum absolute atomic E-state index is 0.163. The van der Waals surface area contributed by atoms with Gasteiger partial charge in [-0.15, -0.1) is 0 Å². The summed E-state index contributed by atoms with van der Waals surface area (Å²) in [6, 6.07) is -0.725. The van der Waals surface area contributed by atoms with Crippen LogP contribution in [0.1, 0.15) is 0 Å². The Bertz CT molecular complexity index is 163. The van der Waals surface area contributed by atoms with Gasteiger partial charge in [-0.25, -0.2) is 4.79 Å². The molecule has 0 unspecified atom stereocenters. The maximum atomic E-state index is 10.7. The number of nitrogens with two attached hydrogens (primary N) is 1. The Labute approximate surface area is 75.0 Å². The molecule has 5 nitrogen and oxygen atoms in total. The lowest BCUT2D eigenvalue weighted by molar-refractivity contribution is -0.141. The van der Waals surface area contributed by atoms with Gasteiger partial charge in [0.1, 0.15) is 13.2 Å². The molecule has 12 heavy (non-hydrogen) atoms. The molecule has 6 heteroatoms. The van der Waals surface area contributed by atoms with E-state index in [4.69, 9.17) is 10.5 Å². The number of thioether (sulfide) groups is 1. The highest BCUT2D eigenvalue weighted by Crippen LogP contribution is 1.90. The summed E-state index contributed by atoms with van der Waals surface area (Å²) in [5.41, 5.74) is 4.73. The Morgan fingerprint density at radius 1 is 1.58 bits per heavy atom. The lowest BCUT2D eigenvalue weighted by Gasteiger charge is -2.02. The maximum Gasteiger partial charge on any atom is 0.325 e. The fraction of sp³-hybridized carbons (Fsp3) is 0.667. The molecule has 0 heterocycles. The van der Waals surface area contributed by atoms with Crippen LogP contribution in [0.15, 0.2) is 0 Å². The third-order valence-electron chi connectivity index (χ3n) is 0.957. The second-order valence-corrected chi connectivity index (χ2v) is 2.92. The van der Waals surface area contributed by atoms with Crippen molar-refractivity contribution in [2.45, 2.75) is 0 Å². The summed E-state index contributed by atoms with van der Waals surface area (Å²) in [6.45, 7) is 0.199. The Kier molecular flexibility index (Phi) is 6.26. The number of nitrogens with one attached hydrogen (secondary N) is 1. The van der Waals surface area contributed by atoms with E-state index in [2.05, 4.69) is 5.32 Å². The largest absolute Gasteiger partial charge is 0.463 e. The summed E-state index contributed by atoms with van der Waals surface area (Å²) >= 11 is 1.58. The summed E-state index contributed by atoms with van der Waals surface area (Å²) in [6.07, 6.45) is 1.91. The van der Waals surface area contributed by atoms with E-state index < -0.39 is 12.0 Å². The number of primary amides is 1. The highest BCUT2D eigenvalue weighted by atomic mass is 32.2. The van der Waals surface area contributed by atoms with Gasteiger partial charge in [0.15, 0.2) is 0 Å². The van der Waals surface area contributed by atoms with Crippen LogP contribution in [0.3, 0.4) is 0 Å². The highest BCUT2D eigenvalue weighted by molar-refractivity contribution is 7.98. The lowest BCUT2D eigenvalue weighted by atomic mass is 10.6. The van der Waals surface area contributed by atoms with Crippen molar-refractivity contribution in [2.75, 3.05) is 25.2 Å². The predicted molar refractivity (Wildman–Crippen MR) is 46.9 cm³/mol. The molecule has 70 valence electrons. The maximum absolute atomic E-state index is 10.7. The van der Waals surface area contributed by atoms with E-state index in [-0.39, 0.29) is 6.54 Å². The van der Waals surface area contributed by atoms with Gasteiger partial charge in [-0.2, -0.15) is 11.8 Å². The molecule has 0 saturated heterocycles. The second kappa shape index (κ2) is 6.78. The summed E-state index contributed by atoms with van der Waals surface area (Å²) in [7, 11) is 0. The molecule has 3 N–H and O–H groups in total. The first-order valence-corrected chi connectivity index (χ1v) is 4.74. The first-order chi connectivity index (χ1) is 5.66. The van der Waals surface area contributed by atoms with E-state index in [0.717, 1.165) is 5.75 Å². The van der Waals surface area contributed by atoms with Crippen molar-refractivity contribution >= 4 is 23.8 Å². The predicted octanol–water partition coefficient (Wildman–Crippen LogP) is -0.439. The van der Waals surface area contributed by atoms with Gasteiger partial charge in [0, 0.05) is 5.75 Å². The number of esters is 1. The van der Waals surface area contributed by atoms with Crippen molar-refractivity contribution in [3.05, 3.63) is 0 Å². The lowest BCUT2D eigenvalue weighted by Crippen LogP contribution is -2.34. The van der Waals surface area contributed by atoms with Gasteiger partial charge >= 0.3 is 12.0 Å². The van der Waals surface area contributed by atoms with E-state index in [0.29, 0.717) is 6.61 Å². The van der Waals surface area contributed by atoms with E-state index in [9.17, 15) is 9.59 Å². The number of amides is 2. The Balaban J connectivity index is 3.28. The molecule has 0 radical (unpaired) electrons. The van der Waals surface area contributed by atoms with Crippen molar-refractivity contribution in [1.29, 1.82) is 0 Å². The van der Waals surface area contributed by atoms with Gasteiger partial charge in [0.2, 0.25) is 0 Å². The monoisotopic (exact) mass is 192 g/mol. The molecule has 0 bridgehead atoms. The molecule has 0 aromatic carbocycles. The minimum atomic E-state index is -0.725. The molecule has 0 aromatic rings. The zero-order valence-electron chi connectivity index (χ0n) is 6.83. The van der Waals surface area contributed by atoms with Crippen molar-refractivity contribution in [3.63, 3.8) is 0 Å². The first-order valence-electron chi connectivity index (χ1n) is 3.34. The summed E-state index contributed by atoms with van der Waals surface area (Å²) < 4.78 is 4.70. The standard InChI is InChI=1S/C6H12N2O3S/c1-12-3-2-11-5(9)4-8-6(7)10/h2-4H2,1H3,(H3,7,8,10). The quantitative estimate of drug-likeness (QED) is 0.457. The van der Waals surface area contributed by atoms with Crippen molar-refractivity contribution in [2.24, 2.45) is 5.73 Å². The first kappa shape index (κ1) is 11.1. The second-order valence-electron chi connectivity index (χ2n) is 1.93. The molecule has 0 aromatic heterocycles. The van der Waals surface area contributed by atoms with Crippen molar-refractivity contribution in [3.8, 4) is 0 Å². The molecule has 0 atom stereocenters. The average Bonchev–Trinajstić information content (AvgIpc) is 2.01. The van der Waals surface area contributed by atoms with E-state index in [1.54, 1.807) is 11.8 Å². The van der Waals surface area contributed by atoms with Gasteiger partial charge in [-0.1, -0.05) is 0 Å². The molecular weight excluding hydrogens is 180 g/mol. The third kappa shape index (κ3) is 7.20. The normalized spacial score (nSPS) is 9.08. The molecule has 0 aliphatic carbocycles. The molecule has 0 aliphatic rings. The zero-order chi connectivity index (χ0) is 9.40. The number of urea groups is 1. The number of rotatable bonds is 5. The van der Waals surface area contributed by atoms with Crippen molar-refractivity contribution < 1.29 is 14.3 Å². The van der Waals surface area contributed by atoms with Crippen LogP contribution in [-0.4, -0.2) is 37.2 Å². The van der Waals surface area contributed by atoms with Crippen LogP contribution < -0.4 is 11.1 Å². The fourth-order valence-corrected chi connectivity index (χ4v) is 0.699. The average molecular weight is 192 g/mol. The van der Waals surface area contributed by atoms with Crippen LogP contribution in [0, 0.1) is 0 Å². The summed E-state index contributed by atoms with van der Waals surface area (Å²) in [5, 5.41) is 2.13. The third-order valence-corrected chi connectivity index (χ3v) is 1.53. The van der Waals surface area contributed by atoms with Crippen molar-refractivity contribution in [1.82, 2.24) is 5.32 Å². The van der Waals surface area contributed by atoms with Gasteiger partial charge in [0.05, 0.1) is 0 Å². The summed E-state index contributed by atoms with van der Waals surface area (Å²) in [5.74, 6) is 0.283. The minimum Gasteiger partial charge on any atom is -0.463 e. The van der Waals surface area contributed by atoms with E-state index >= 15 is 0 Å². The highest BCUT2D eigenvalue weighted by Gasteiger charge is 2.02. The number of hydrogen-bond donors (Lipinski definition) is 2. The Morgan fingerprint density at radius 3 is 2.75 bits per heavy atom. The number of carbonyl (C=O) groups excluding carboxylic acids is 2. The Hall–Kier alpha value is -0.910. The van der Waals surface area contributed by atoms with Crippen LogP contribution in [0.5, 0.6) is 0 Å². The van der Waals surface area contributed by atoms with Crippen LogP contribution in [0.4, 0.5) is 4.79 Å². The number of ether oxygens (including phenoxy) is 1. The van der Waals surface area contributed by atoms with Gasteiger partial charge in [0.25, 0.3) is 0 Å². The number of hydrogen-bond acceptors (Lipinski definition) is 4. The van der Waals surface area contributed by atoms with E-state index in [1.807, 2.05) is 6.26 Å². The van der Waals surface area contributed by atoms with Gasteiger partial charge in [-0.05, 0) is 6.26 Å². The van der Waals surface area contributed by atoms with Crippen LogP contribution in [0.25, 0.3) is 0 Å². The molecule has 0 rings (SSSR count). The van der Waals surface area contributed by atoms with Crippen LogP contribution in [0.2, 0.25) is 0 Å². The molecule has 0 saturated carbocycles. The summed E-state index contributed by atoms with van der Waals surface area (Å²) in [4.78, 5) is 20.9. The Morgan fingerprint density at radius 2 is 2.25 bits per heavy atom. The SMILES string of the molecule is CSCCOC(=O)CNC(N)=O. The fourth-order valence-electron chi connectivity index (χ4n) is 0.449. The molecule has 0 fully saturated rings. The number of carbonyl (C=O) groups is 2. The molecule has 0 spiro atoms. The van der Waals surface area contributed by atoms with Gasteiger partial charge in [-0.3, -0.25) is 4.79 Å². The molecule has 0 aliphatic heterocycles. The topological polar surface area (TPSA) is 81.4 Å². The zero-order valence-corrected chi connectivity index (χ0v) is 7.65. The van der Waals surface area contributed by atoms with Crippen LogP contribution >= 0.6 is 11.8 Å². The molecule has 2 amide bonds. The van der Waals surface area contributed by atoms with E-state index in [1.165, 1.54) is 0 Å². The van der Waals surface area contributed by atoms with Crippen LogP contribution in [-0.2, 0) is 9.53 Å². The van der Waals surface area contributed by atoms with Gasteiger partial charge < -0.3 is 15.8 Å². The molecular formula is C6H12N2O3S. The smallest absolute Gasteiger partial charge is 0.325 e.